The van der Waals surface area contributed by atoms with E-state index in [2.05, 4.69) is 50.9 Å². The first-order valence-corrected chi connectivity index (χ1v) is 10.5. The molecule has 156 valence electrons. The van der Waals surface area contributed by atoms with Crippen LogP contribution in [-0.2, 0) is 11.2 Å². The zero-order chi connectivity index (χ0) is 20.8. The molecule has 1 amide bonds. The van der Waals surface area contributed by atoms with Crippen molar-refractivity contribution in [1.29, 1.82) is 0 Å². The van der Waals surface area contributed by atoms with Crippen LogP contribution in [0.3, 0.4) is 0 Å². The van der Waals surface area contributed by atoms with Crippen molar-refractivity contribution in [3.63, 3.8) is 0 Å². The average molecular weight is 427 g/mol. The molecule has 2 heterocycles. The van der Waals surface area contributed by atoms with Crippen LogP contribution in [0, 0.1) is 23.6 Å². The molecule has 1 aromatic carbocycles. The van der Waals surface area contributed by atoms with Crippen molar-refractivity contribution in [2.45, 2.75) is 18.9 Å². The Hall–Kier alpha value is -2.81. The number of anilines is 4. The SMILES string of the molecule is CNC(=O)[C@@H]1[C@H](Nc2nc(Nc3ccc4c(c3)CCN4S)ncc2F)[C@H]2C=C[C@@H]1C2. The van der Waals surface area contributed by atoms with Crippen LogP contribution >= 0.6 is 12.8 Å². The molecule has 2 aromatic rings. The van der Waals surface area contributed by atoms with Gasteiger partial charge >= 0.3 is 0 Å². The first kappa shape index (κ1) is 19.2. The number of benzene rings is 1. The molecule has 1 aliphatic heterocycles. The van der Waals surface area contributed by atoms with Crippen LogP contribution in [-0.4, -0.2) is 35.5 Å². The van der Waals surface area contributed by atoms with E-state index in [0.717, 1.165) is 37.0 Å². The highest BCUT2D eigenvalue weighted by atomic mass is 32.1. The number of nitrogens with one attached hydrogen (secondary N) is 3. The van der Waals surface area contributed by atoms with Gasteiger partial charge in [0.1, 0.15) is 0 Å². The van der Waals surface area contributed by atoms with E-state index >= 15 is 0 Å². The van der Waals surface area contributed by atoms with Crippen LogP contribution in [0.15, 0.2) is 36.5 Å². The first-order valence-electron chi connectivity index (χ1n) is 10.1. The highest BCUT2D eigenvalue weighted by Crippen LogP contribution is 2.45. The summed E-state index contributed by atoms with van der Waals surface area (Å²) in [5.74, 6) is -0.0469. The molecule has 1 fully saturated rings. The van der Waals surface area contributed by atoms with Gasteiger partial charge in [-0.25, -0.2) is 9.37 Å². The number of fused-ring (bicyclic) bond motifs is 3. The Labute approximate surface area is 179 Å². The summed E-state index contributed by atoms with van der Waals surface area (Å²) in [5.41, 5.74) is 3.12. The minimum Gasteiger partial charge on any atom is -0.363 e. The third kappa shape index (κ3) is 3.27. The number of allylic oxidation sites excluding steroid dienone is 1. The van der Waals surface area contributed by atoms with Crippen molar-refractivity contribution >= 4 is 41.9 Å². The molecule has 4 atom stereocenters. The van der Waals surface area contributed by atoms with E-state index in [1.165, 1.54) is 5.56 Å². The van der Waals surface area contributed by atoms with Gasteiger partial charge in [-0.3, -0.25) is 4.79 Å². The molecule has 0 unspecified atom stereocenters. The van der Waals surface area contributed by atoms with Crippen LogP contribution in [0.2, 0.25) is 0 Å². The predicted octanol–water partition coefficient (Wildman–Crippen LogP) is 2.92. The van der Waals surface area contributed by atoms with E-state index in [9.17, 15) is 9.18 Å². The Bertz CT molecular complexity index is 1030. The van der Waals surface area contributed by atoms with E-state index in [-0.39, 0.29) is 35.5 Å². The van der Waals surface area contributed by atoms with Crippen LogP contribution < -0.4 is 20.3 Å². The zero-order valence-electron chi connectivity index (χ0n) is 16.5. The van der Waals surface area contributed by atoms with Gasteiger partial charge < -0.3 is 20.3 Å². The molecule has 30 heavy (non-hydrogen) atoms. The van der Waals surface area contributed by atoms with E-state index in [0.29, 0.717) is 5.95 Å². The van der Waals surface area contributed by atoms with E-state index in [1.54, 1.807) is 7.05 Å². The number of nitrogens with zero attached hydrogens (tertiary/aromatic N) is 3. The van der Waals surface area contributed by atoms with Crippen molar-refractivity contribution in [2.24, 2.45) is 17.8 Å². The van der Waals surface area contributed by atoms with Crippen LogP contribution in [0.25, 0.3) is 0 Å². The van der Waals surface area contributed by atoms with Gasteiger partial charge in [0.05, 0.1) is 17.8 Å². The fraction of sp³-hybridized carbons (Fsp3) is 0.381. The Morgan fingerprint density at radius 3 is 2.97 bits per heavy atom. The third-order valence-corrected chi connectivity index (χ3v) is 6.68. The van der Waals surface area contributed by atoms with Gasteiger partial charge in [-0.1, -0.05) is 25.0 Å². The van der Waals surface area contributed by atoms with Gasteiger partial charge in [0, 0.05) is 25.3 Å². The molecule has 1 saturated carbocycles. The fourth-order valence-corrected chi connectivity index (χ4v) is 5.12. The van der Waals surface area contributed by atoms with Crippen LogP contribution in [0.5, 0.6) is 0 Å². The number of carbonyl (C=O) groups excluding carboxylic acids is 1. The number of aromatic nitrogens is 2. The van der Waals surface area contributed by atoms with Gasteiger partial charge in [-0.05, 0) is 48.4 Å². The van der Waals surface area contributed by atoms with E-state index in [1.807, 2.05) is 22.5 Å². The summed E-state index contributed by atoms with van der Waals surface area (Å²) >= 11 is 4.44. The second kappa shape index (κ2) is 7.46. The number of carbonyl (C=O) groups is 1. The minimum atomic E-state index is -0.539. The minimum absolute atomic E-state index is 0.0338. The molecular formula is C21H23FN6OS. The quantitative estimate of drug-likeness (QED) is 0.435. The summed E-state index contributed by atoms with van der Waals surface area (Å²) < 4.78 is 16.4. The number of thiol groups is 1. The normalized spacial score (nSPS) is 26.0. The largest absolute Gasteiger partial charge is 0.363 e. The lowest BCUT2D eigenvalue weighted by Crippen LogP contribution is -2.42. The molecular weight excluding hydrogens is 403 g/mol. The van der Waals surface area contributed by atoms with Crippen LogP contribution in [0.4, 0.5) is 27.5 Å². The number of halogens is 1. The lowest BCUT2D eigenvalue weighted by Gasteiger charge is -2.28. The van der Waals surface area contributed by atoms with Crippen molar-refractivity contribution in [3.8, 4) is 0 Å². The number of rotatable bonds is 5. The molecule has 2 bridgehead atoms. The highest BCUT2D eigenvalue weighted by Gasteiger charge is 2.48. The highest BCUT2D eigenvalue weighted by molar-refractivity contribution is 7.81. The Morgan fingerprint density at radius 1 is 1.30 bits per heavy atom. The molecule has 3 aliphatic rings. The van der Waals surface area contributed by atoms with Crippen molar-refractivity contribution in [2.75, 3.05) is 28.5 Å². The summed E-state index contributed by atoms with van der Waals surface area (Å²) in [6.45, 7) is 0.869. The van der Waals surface area contributed by atoms with Crippen molar-refractivity contribution in [1.82, 2.24) is 15.3 Å². The second-order valence-corrected chi connectivity index (χ2v) is 8.47. The van der Waals surface area contributed by atoms with Gasteiger partial charge in [0.2, 0.25) is 11.9 Å². The average Bonchev–Trinajstić information content (AvgIpc) is 3.45. The van der Waals surface area contributed by atoms with Gasteiger partial charge in [0.25, 0.3) is 0 Å². The fourth-order valence-electron chi connectivity index (χ4n) is 4.82. The monoisotopic (exact) mass is 426 g/mol. The Morgan fingerprint density at radius 2 is 2.13 bits per heavy atom. The van der Waals surface area contributed by atoms with Crippen molar-refractivity contribution < 1.29 is 9.18 Å². The van der Waals surface area contributed by atoms with Gasteiger partial charge in [-0.2, -0.15) is 4.98 Å². The van der Waals surface area contributed by atoms with Gasteiger partial charge in [0.15, 0.2) is 11.6 Å². The maximum absolute atomic E-state index is 14.5. The van der Waals surface area contributed by atoms with Crippen LogP contribution in [0.1, 0.15) is 12.0 Å². The molecule has 0 saturated heterocycles. The molecule has 3 N–H and O–H groups in total. The number of hydrogen-bond donors (Lipinski definition) is 4. The molecule has 0 spiro atoms. The molecule has 5 rings (SSSR count). The maximum Gasteiger partial charge on any atom is 0.229 e. The first-order chi connectivity index (χ1) is 14.5. The zero-order valence-corrected chi connectivity index (χ0v) is 17.4. The number of amides is 1. The molecule has 9 heteroatoms. The third-order valence-electron chi connectivity index (χ3n) is 6.26. The lowest BCUT2D eigenvalue weighted by atomic mass is 9.88. The summed E-state index contributed by atoms with van der Waals surface area (Å²) in [5, 5.41) is 9.07. The lowest BCUT2D eigenvalue weighted by molar-refractivity contribution is -0.125. The Kier molecular flexibility index (Phi) is 4.77. The van der Waals surface area contributed by atoms with E-state index in [4.69, 9.17) is 0 Å². The number of hydrogen-bond acceptors (Lipinski definition) is 7. The molecule has 7 nitrogen and oxygen atoms in total. The molecule has 2 aliphatic carbocycles. The van der Waals surface area contributed by atoms with E-state index < -0.39 is 5.82 Å². The molecule has 0 radical (unpaired) electrons. The Balaban J connectivity index is 1.37. The summed E-state index contributed by atoms with van der Waals surface area (Å²) in [6, 6.07) is 5.76. The summed E-state index contributed by atoms with van der Waals surface area (Å²) in [7, 11) is 1.63. The topological polar surface area (TPSA) is 82.2 Å². The van der Waals surface area contributed by atoms with Gasteiger partial charge in [-0.15, -0.1) is 0 Å². The second-order valence-electron chi connectivity index (χ2n) is 7.99. The summed E-state index contributed by atoms with van der Waals surface area (Å²) in [6.07, 6.45) is 7.16. The predicted molar refractivity (Wildman–Crippen MR) is 117 cm³/mol. The summed E-state index contributed by atoms with van der Waals surface area (Å²) in [4.78, 5) is 20.8. The molecule has 1 aromatic heterocycles. The standard InChI is InChI=1S/C21H23FN6OS/c1-23-20(29)17-12-2-3-13(8-12)18(17)26-19-15(22)10-24-21(27-19)25-14-4-5-16-11(9-14)6-7-28(16)30/h2-5,9-10,12-13,17-18,30H,6-8H2,1H3,(H,23,29)(H2,24,25,26,27)/t12-,13+,17+,18-/m1/s1. The smallest absolute Gasteiger partial charge is 0.229 e. The van der Waals surface area contributed by atoms with Crippen molar-refractivity contribution in [3.05, 3.63) is 47.9 Å². The maximum atomic E-state index is 14.5.